The minimum Gasteiger partial charge on any atom is -0.267 e. The summed E-state index contributed by atoms with van der Waals surface area (Å²) in [6, 6.07) is 7.43. The lowest BCUT2D eigenvalue weighted by Gasteiger charge is -2.33. The Morgan fingerprint density at radius 3 is 2.55 bits per heavy atom. The zero-order valence-electron chi connectivity index (χ0n) is 16.3. The highest BCUT2D eigenvalue weighted by atomic mass is 32.2. The standard InChI is InChI=1S/C19H21FN4O3S2/c1-12-16-10-17(18(25)24(22(2)3)15-8-9-29(26,27)11-15)28-19(16)23(21-12)14-6-4-13(20)5-7-14/h4-7,10,15H,8-9,11H2,1-3H3. The molecule has 0 spiro atoms. The van der Waals surface area contributed by atoms with Crippen molar-refractivity contribution in [2.75, 3.05) is 25.6 Å². The van der Waals surface area contributed by atoms with Crippen LogP contribution in [0, 0.1) is 12.7 Å². The normalized spacial score (nSPS) is 18.6. The van der Waals surface area contributed by atoms with Gasteiger partial charge >= 0.3 is 0 Å². The monoisotopic (exact) mass is 436 g/mol. The molecule has 0 saturated carbocycles. The summed E-state index contributed by atoms with van der Waals surface area (Å²) in [5, 5.41) is 8.54. The van der Waals surface area contributed by atoms with Crippen molar-refractivity contribution in [3.63, 3.8) is 0 Å². The Labute approximate surface area is 172 Å². The highest BCUT2D eigenvalue weighted by Crippen LogP contribution is 2.32. The fourth-order valence-corrected chi connectivity index (χ4v) is 6.47. The first-order valence-corrected chi connectivity index (χ1v) is 11.8. The molecule has 154 valence electrons. The van der Waals surface area contributed by atoms with Crippen LogP contribution in [0.2, 0.25) is 0 Å². The third-order valence-corrected chi connectivity index (χ3v) is 7.87. The number of carbonyl (C=O) groups excluding carboxylic acids is 1. The maximum atomic E-state index is 13.3. The van der Waals surface area contributed by atoms with Gasteiger partial charge in [-0.05, 0) is 43.7 Å². The second-order valence-electron chi connectivity index (χ2n) is 7.36. The summed E-state index contributed by atoms with van der Waals surface area (Å²) in [6.07, 6.45) is 0.430. The molecule has 0 radical (unpaired) electrons. The first-order valence-electron chi connectivity index (χ1n) is 9.12. The summed E-state index contributed by atoms with van der Waals surface area (Å²) in [7, 11) is 0.357. The predicted molar refractivity (Wildman–Crippen MR) is 111 cm³/mol. The van der Waals surface area contributed by atoms with Gasteiger partial charge < -0.3 is 0 Å². The molecule has 0 bridgehead atoms. The molecule has 3 heterocycles. The fraction of sp³-hybridized carbons (Fsp3) is 0.368. The number of aromatic nitrogens is 2. The van der Waals surface area contributed by atoms with Gasteiger partial charge in [0.25, 0.3) is 5.91 Å². The molecule has 3 aromatic rings. The van der Waals surface area contributed by atoms with Crippen LogP contribution in [0.15, 0.2) is 30.3 Å². The molecule has 0 N–H and O–H groups in total. The van der Waals surface area contributed by atoms with Gasteiger partial charge in [0, 0.05) is 19.5 Å². The van der Waals surface area contributed by atoms with Gasteiger partial charge in [0.15, 0.2) is 9.84 Å². The van der Waals surface area contributed by atoms with Crippen LogP contribution in [0.1, 0.15) is 21.8 Å². The maximum absolute atomic E-state index is 13.3. The van der Waals surface area contributed by atoms with E-state index in [0.717, 1.165) is 15.9 Å². The Morgan fingerprint density at radius 2 is 1.97 bits per heavy atom. The molecule has 0 aliphatic carbocycles. The van der Waals surface area contributed by atoms with Crippen LogP contribution in [0.25, 0.3) is 15.9 Å². The molecule has 2 aromatic heterocycles. The lowest BCUT2D eigenvalue weighted by Crippen LogP contribution is -2.49. The van der Waals surface area contributed by atoms with E-state index in [4.69, 9.17) is 0 Å². The molecule has 4 rings (SSSR count). The van der Waals surface area contributed by atoms with E-state index in [0.29, 0.717) is 17.0 Å². The quantitative estimate of drug-likeness (QED) is 0.588. The first kappa shape index (κ1) is 20.0. The number of sulfone groups is 1. The number of carbonyl (C=O) groups is 1. The molecule has 1 aromatic carbocycles. The van der Waals surface area contributed by atoms with E-state index in [1.165, 1.54) is 28.5 Å². The van der Waals surface area contributed by atoms with Gasteiger partial charge in [-0.2, -0.15) is 5.10 Å². The number of hydrazine groups is 1. The maximum Gasteiger partial charge on any atom is 0.278 e. The van der Waals surface area contributed by atoms with Gasteiger partial charge in [0.1, 0.15) is 10.6 Å². The van der Waals surface area contributed by atoms with Gasteiger partial charge in [-0.1, -0.05) is 0 Å². The Bertz CT molecular complexity index is 1180. The number of benzene rings is 1. The van der Waals surface area contributed by atoms with E-state index < -0.39 is 9.84 Å². The summed E-state index contributed by atoms with van der Waals surface area (Å²) < 4.78 is 38.8. The van der Waals surface area contributed by atoms with Crippen LogP contribution in [-0.2, 0) is 9.84 Å². The van der Waals surface area contributed by atoms with Crippen LogP contribution < -0.4 is 0 Å². The van der Waals surface area contributed by atoms with Gasteiger partial charge in [0.2, 0.25) is 0 Å². The number of halogens is 1. The smallest absolute Gasteiger partial charge is 0.267 e. The molecule has 1 aliphatic rings. The van der Waals surface area contributed by atoms with Crippen molar-refractivity contribution in [1.82, 2.24) is 19.8 Å². The minimum atomic E-state index is -3.12. The third-order valence-electron chi connectivity index (χ3n) is 5.02. The van der Waals surface area contributed by atoms with Crippen molar-refractivity contribution in [3.05, 3.63) is 46.7 Å². The van der Waals surface area contributed by atoms with E-state index in [2.05, 4.69) is 5.10 Å². The second-order valence-corrected chi connectivity index (χ2v) is 10.6. The van der Waals surface area contributed by atoms with Crippen molar-refractivity contribution < 1.29 is 17.6 Å². The van der Waals surface area contributed by atoms with Gasteiger partial charge in [-0.25, -0.2) is 22.5 Å². The van der Waals surface area contributed by atoms with E-state index in [1.807, 2.05) is 6.92 Å². The molecule has 1 saturated heterocycles. The van der Waals surface area contributed by atoms with Crippen LogP contribution in [-0.4, -0.2) is 65.8 Å². The topological polar surface area (TPSA) is 75.5 Å². The molecule has 1 atom stereocenters. The number of hydrogen-bond acceptors (Lipinski definition) is 6. The fourth-order valence-electron chi connectivity index (χ4n) is 3.67. The number of hydrogen-bond donors (Lipinski definition) is 0. The number of amides is 1. The summed E-state index contributed by atoms with van der Waals surface area (Å²) in [5.41, 5.74) is 1.47. The molecular weight excluding hydrogens is 415 g/mol. The Morgan fingerprint density at radius 1 is 1.28 bits per heavy atom. The molecule has 10 heteroatoms. The summed E-state index contributed by atoms with van der Waals surface area (Å²) >= 11 is 1.30. The van der Waals surface area contributed by atoms with Gasteiger partial charge in [-0.15, -0.1) is 11.3 Å². The van der Waals surface area contributed by atoms with Crippen LogP contribution in [0.3, 0.4) is 0 Å². The van der Waals surface area contributed by atoms with E-state index in [-0.39, 0.29) is 29.3 Å². The minimum absolute atomic E-state index is 0.0236. The van der Waals surface area contributed by atoms with Crippen molar-refractivity contribution in [1.29, 1.82) is 0 Å². The van der Waals surface area contributed by atoms with Gasteiger partial charge in [-0.3, -0.25) is 9.80 Å². The van der Waals surface area contributed by atoms with Crippen molar-refractivity contribution in [2.45, 2.75) is 19.4 Å². The molecule has 1 unspecified atom stereocenters. The van der Waals surface area contributed by atoms with Crippen LogP contribution >= 0.6 is 11.3 Å². The summed E-state index contributed by atoms with van der Waals surface area (Å²) in [5.74, 6) is -0.489. The molecule has 1 fully saturated rings. The molecule has 1 aliphatic heterocycles. The lowest BCUT2D eigenvalue weighted by molar-refractivity contribution is 0.00148. The predicted octanol–water partition coefficient (Wildman–Crippen LogP) is 2.64. The molecular formula is C19H21FN4O3S2. The van der Waals surface area contributed by atoms with Crippen molar-refractivity contribution >= 4 is 37.3 Å². The number of aryl methyl sites for hydroxylation is 1. The number of nitrogens with zero attached hydrogens (tertiary/aromatic N) is 4. The summed E-state index contributed by atoms with van der Waals surface area (Å²) in [6.45, 7) is 1.86. The first-order chi connectivity index (χ1) is 13.7. The van der Waals surface area contributed by atoms with E-state index in [1.54, 1.807) is 42.0 Å². The average Bonchev–Trinajstić information content (AvgIpc) is 3.31. The van der Waals surface area contributed by atoms with Gasteiger partial charge in [0.05, 0.1) is 33.8 Å². The second kappa shape index (κ2) is 7.19. The lowest BCUT2D eigenvalue weighted by atomic mass is 10.2. The zero-order valence-corrected chi connectivity index (χ0v) is 17.9. The number of rotatable bonds is 4. The molecule has 1 amide bonds. The Hall–Kier alpha value is -2.30. The third kappa shape index (κ3) is 3.67. The van der Waals surface area contributed by atoms with Crippen molar-refractivity contribution in [3.8, 4) is 5.69 Å². The van der Waals surface area contributed by atoms with E-state index in [9.17, 15) is 17.6 Å². The van der Waals surface area contributed by atoms with E-state index >= 15 is 0 Å². The molecule has 29 heavy (non-hydrogen) atoms. The average molecular weight is 437 g/mol. The molecule has 7 nitrogen and oxygen atoms in total. The number of fused-ring (bicyclic) bond motifs is 1. The van der Waals surface area contributed by atoms with Crippen LogP contribution in [0.4, 0.5) is 4.39 Å². The highest BCUT2D eigenvalue weighted by molar-refractivity contribution is 7.91. The highest BCUT2D eigenvalue weighted by Gasteiger charge is 2.37. The SMILES string of the molecule is Cc1nn(-c2ccc(F)cc2)c2sc(C(=O)N(C3CCS(=O)(=O)C3)N(C)C)cc12. The van der Waals surface area contributed by atoms with Crippen molar-refractivity contribution in [2.24, 2.45) is 0 Å². The van der Waals surface area contributed by atoms with Crippen LogP contribution in [0.5, 0.6) is 0 Å². The Kier molecular flexibility index (Phi) is 4.96. The Balaban J connectivity index is 1.73. The largest absolute Gasteiger partial charge is 0.278 e. The number of thiophene rings is 1. The zero-order chi connectivity index (χ0) is 20.9. The summed E-state index contributed by atoms with van der Waals surface area (Å²) in [4.78, 5) is 14.6.